The molecule has 0 fully saturated rings. The predicted molar refractivity (Wildman–Crippen MR) is 36.5 cm³/mol. The van der Waals surface area contributed by atoms with E-state index in [-0.39, 0.29) is 6.42 Å². The van der Waals surface area contributed by atoms with Crippen LogP contribution in [-0.4, -0.2) is 18.8 Å². The maximum Gasteiger partial charge on any atom is 0.392 e. The van der Waals surface area contributed by atoms with Crippen molar-refractivity contribution in [1.82, 2.24) is 0 Å². The monoisotopic (exact) mass is 184 g/mol. The van der Waals surface area contributed by atoms with Gasteiger partial charge in [0.05, 0.1) is 13.0 Å². The maximum atomic E-state index is 11.5. The van der Waals surface area contributed by atoms with Gasteiger partial charge in [0, 0.05) is 6.42 Å². The molecule has 2 nitrogen and oxygen atoms in total. The van der Waals surface area contributed by atoms with Crippen LogP contribution in [0.25, 0.3) is 0 Å². The van der Waals surface area contributed by atoms with Crippen LogP contribution in [0.3, 0.4) is 0 Å². The van der Waals surface area contributed by atoms with E-state index in [0.29, 0.717) is 6.42 Å². The molecule has 0 amide bonds. The summed E-state index contributed by atoms with van der Waals surface area (Å²) in [7, 11) is 0. The average Bonchev–Trinajstić information content (AvgIpc) is 1.84. The van der Waals surface area contributed by atoms with Crippen LogP contribution in [0.4, 0.5) is 13.2 Å². The largest absolute Gasteiger partial charge is 0.465 e. The molecule has 0 bridgehead atoms. The van der Waals surface area contributed by atoms with E-state index in [1.54, 1.807) is 6.92 Å². The number of ether oxygens (including phenoxy) is 1. The van der Waals surface area contributed by atoms with E-state index >= 15 is 0 Å². The standard InChI is InChI=1S/C7H11F3O2/c1-2-3-6(11)12-5-4-7(8,9)10/h2-5H2,1H3. The van der Waals surface area contributed by atoms with E-state index in [2.05, 4.69) is 4.74 Å². The zero-order valence-corrected chi connectivity index (χ0v) is 6.78. The molecule has 0 rings (SSSR count). The first-order chi connectivity index (χ1) is 5.45. The first-order valence-electron chi connectivity index (χ1n) is 3.68. The van der Waals surface area contributed by atoms with Crippen molar-refractivity contribution >= 4 is 5.97 Å². The van der Waals surface area contributed by atoms with Gasteiger partial charge in [-0.25, -0.2) is 0 Å². The summed E-state index contributed by atoms with van der Waals surface area (Å²) in [6.07, 6.45) is -4.54. The van der Waals surface area contributed by atoms with Crippen LogP contribution in [0.2, 0.25) is 0 Å². The van der Waals surface area contributed by atoms with Gasteiger partial charge in [-0.1, -0.05) is 6.92 Å². The summed E-state index contributed by atoms with van der Waals surface area (Å²) in [5.74, 6) is -0.568. The third-order valence-corrected chi connectivity index (χ3v) is 1.10. The average molecular weight is 184 g/mol. The van der Waals surface area contributed by atoms with Crippen molar-refractivity contribution in [3.05, 3.63) is 0 Å². The Bertz CT molecular complexity index is 142. The highest BCUT2D eigenvalue weighted by Gasteiger charge is 2.27. The zero-order valence-electron chi connectivity index (χ0n) is 6.78. The third kappa shape index (κ3) is 7.37. The minimum atomic E-state index is -4.24. The molecule has 72 valence electrons. The van der Waals surface area contributed by atoms with E-state index in [1.807, 2.05) is 0 Å². The molecule has 0 aliphatic rings. The second-order valence-corrected chi connectivity index (χ2v) is 2.34. The fourth-order valence-electron chi connectivity index (χ4n) is 0.557. The van der Waals surface area contributed by atoms with Crippen molar-refractivity contribution in [2.75, 3.05) is 6.61 Å². The Morgan fingerprint density at radius 3 is 2.42 bits per heavy atom. The Labute approximate surface area is 68.7 Å². The van der Waals surface area contributed by atoms with E-state index in [4.69, 9.17) is 0 Å². The molecule has 0 saturated heterocycles. The van der Waals surface area contributed by atoms with Gasteiger partial charge in [0.1, 0.15) is 0 Å². The van der Waals surface area contributed by atoms with Crippen molar-refractivity contribution in [2.24, 2.45) is 0 Å². The Hall–Kier alpha value is -0.740. The summed E-state index contributed by atoms with van der Waals surface area (Å²) in [5.41, 5.74) is 0. The lowest BCUT2D eigenvalue weighted by Gasteiger charge is -2.06. The summed E-state index contributed by atoms with van der Waals surface area (Å²) in [4.78, 5) is 10.5. The topological polar surface area (TPSA) is 26.3 Å². The molecule has 5 heteroatoms. The minimum absolute atomic E-state index is 0.178. The first-order valence-corrected chi connectivity index (χ1v) is 3.68. The fourth-order valence-corrected chi connectivity index (χ4v) is 0.557. The molecule has 0 unspecified atom stereocenters. The fraction of sp³-hybridized carbons (Fsp3) is 0.857. The van der Waals surface area contributed by atoms with Gasteiger partial charge in [0.15, 0.2) is 0 Å². The molecular formula is C7H11F3O2. The van der Waals surface area contributed by atoms with Gasteiger partial charge < -0.3 is 4.74 Å². The molecule has 0 atom stereocenters. The zero-order chi connectivity index (χ0) is 9.61. The Kier molecular flexibility index (Phi) is 4.70. The number of hydrogen-bond donors (Lipinski definition) is 0. The number of rotatable bonds is 4. The van der Waals surface area contributed by atoms with E-state index < -0.39 is 25.2 Å². The smallest absolute Gasteiger partial charge is 0.392 e. The molecule has 0 saturated carbocycles. The predicted octanol–water partition coefficient (Wildman–Crippen LogP) is 2.28. The van der Waals surface area contributed by atoms with Gasteiger partial charge in [-0.15, -0.1) is 0 Å². The van der Waals surface area contributed by atoms with Gasteiger partial charge in [-0.3, -0.25) is 4.79 Å². The van der Waals surface area contributed by atoms with Gasteiger partial charge >= 0.3 is 12.1 Å². The molecule has 0 aromatic rings. The quantitative estimate of drug-likeness (QED) is 0.626. The van der Waals surface area contributed by atoms with Crippen LogP contribution < -0.4 is 0 Å². The molecule has 0 radical (unpaired) electrons. The molecule has 12 heavy (non-hydrogen) atoms. The second kappa shape index (κ2) is 5.00. The van der Waals surface area contributed by atoms with Crippen LogP contribution >= 0.6 is 0 Å². The lowest BCUT2D eigenvalue weighted by atomic mass is 10.3. The molecule has 0 aliphatic heterocycles. The second-order valence-electron chi connectivity index (χ2n) is 2.34. The number of carbonyl (C=O) groups excluding carboxylic acids is 1. The molecule has 0 aliphatic carbocycles. The first kappa shape index (κ1) is 11.3. The highest BCUT2D eigenvalue weighted by atomic mass is 19.4. The summed E-state index contributed by atoms with van der Waals surface area (Å²) in [5, 5.41) is 0. The Balaban J connectivity index is 3.37. The number of carbonyl (C=O) groups is 1. The normalized spacial score (nSPS) is 11.3. The lowest BCUT2D eigenvalue weighted by Crippen LogP contribution is -2.14. The van der Waals surface area contributed by atoms with Gasteiger partial charge in [-0.05, 0) is 6.42 Å². The van der Waals surface area contributed by atoms with E-state index in [1.165, 1.54) is 0 Å². The Morgan fingerprint density at radius 2 is 2.00 bits per heavy atom. The van der Waals surface area contributed by atoms with Crippen molar-refractivity contribution in [1.29, 1.82) is 0 Å². The molecule has 0 spiro atoms. The number of hydrogen-bond acceptors (Lipinski definition) is 2. The number of halogens is 3. The lowest BCUT2D eigenvalue weighted by molar-refractivity contribution is -0.158. The van der Waals surface area contributed by atoms with Crippen molar-refractivity contribution in [3.63, 3.8) is 0 Å². The molecule has 0 heterocycles. The van der Waals surface area contributed by atoms with E-state index in [9.17, 15) is 18.0 Å². The van der Waals surface area contributed by atoms with Crippen molar-refractivity contribution in [3.8, 4) is 0 Å². The summed E-state index contributed by atoms with van der Waals surface area (Å²) in [6, 6.07) is 0. The minimum Gasteiger partial charge on any atom is -0.465 e. The molecule has 0 aromatic heterocycles. The summed E-state index contributed by atoms with van der Waals surface area (Å²) >= 11 is 0. The molecular weight excluding hydrogens is 173 g/mol. The van der Waals surface area contributed by atoms with Gasteiger partial charge in [-0.2, -0.15) is 13.2 Å². The van der Waals surface area contributed by atoms with Crippen molar-refractivity contribution in [2.45, 2.75) is 32.4 Å². The van der Waals surface area contributed by atoms with Crippen LogP contribution in [0.15, 0.2) is 0 Å². The Morgan fingerprint density at radius 1 is 1.42 bits per heavy atom. The molecule has 0 aromatic carbocycles. The summed E-state index contributed by atoms with van der Waals surface area (Å²) in [6.45, 7) is 1.19. The van der Waals surface area contributed by atoms with Gasteiger partial charge in [0.2, 0.25) is 0 Å². The molecule has 0 N–H and O–H groups in total. The SMILES string of the molecule is CCCC(=O)OCCC(F)(F)F. The van der Waals surface area contributed by atoms with Crippen LogP contribution in [0, 0.1) is 0 Å². The third-order valence-electron chi connectivity index (χ3n) is 1.10. The van der Waals surface area contributed by atoms with Crippen LogP contribution in [0.5, 0.6) is 0 Å². The summed E-state index contributed by atoms with van der Waals surface area (Å²) < 4.78 is 38.8. The van der Waals surface area contributed by atoms with Crippen LogP contribution in [0.1, 0.15) is 26.2 Å². The highest BCUT2D eigenvalue weighted by molar-refractivity contribution is 5.69. The van der Waals surface area contributed by atoms with Gasteiger partial charge in [0.25, 0.3) is 0 Å². The van der Waals surface area contributed by atoms with Crippen LogP contribution in [-0.2, 0) is 9.53 Å². The number of esters is 1. The maximum absolute atomic E-state index is 11.5. The number of alkyl halides is 3. The highest BCUT2D eigenvalue weighted by Crippen LogP contribution is 2.18. The van der Waals surface area contributed by atoms with Crippen molar-refractivity contribution < 1.29 is 22.7 Å². The van der Waals surface area contributed by atoms with E-state index in [0.717, 1.165) is 0 Å².